The van der Waals surface area contributed by atoms with Crippen molar-refractivity contribution >= 4 is 44.2 Å². The smallest absolute Gasteiger partial charge is 0.290 e. The third kappa shape index (κ3) is 6.29. The van der Waals surface area contributed by atoms with Crippen LogP contribution in [0.5, 0.6) is 5.88 Å². The normalized spacial score (nSPS) is 11.8. The highest BCUT2D eigenvalue weighted by atomic mass is 32.2. The molecule has 0 atom stereocenters. The summed E-state index contributed by atoms with van der Waals surface area (Å²) in [4.78, 5) is 24.0. The molecule has 0 saturated heterocycles. The summed E-state index contributed by atoms with van der Waals surface area (Å²) in [6.45, 7) is 0.392. The van der Waals surface area contributed by atoms with E-state index in [1.54, 1.807) is 30.6 Å². The molecule has 4 aromatic heterocycles. The molecule has 37 heavy (non-hydrogen) atoms. The zero-order valence-corrected chi connectivity index (χ0v) is 21.0. The van der Waals surface area contributed by atoms with Crippen molar-refractivity contribution in [3.05, 3.63) is 100 Å². The summed E-state index contributed by atoms with van der Waals surface area (Å²) in [7, 11) is -3.49. The maximum Gasteiger partial charge on any atom is 0.290 e. The number of sulfone groups is 1. The number of thiazole rings is 1. The fourth-order valence-corrected chi connectivity index (χ4v) is 6.00. The Hall–Kier alpha value is -4.29. The van der Waals surface area contributed by atoms with Crippen LogP contribution in [-0.2, 0) is 27.9 Å². The van der Waals surface area contributed by atoms with Gasteiger partial charge in [0.1, 0.15) is 34.6 Å². The Balaban J connectivity index is 1.20. The summed E-state index contributed by atoms with van der Waals surface area (Å²) in [6.07, 6.45) is 6.33. The number of aromatic amines is 1. The van der Waals surface area contributed by atoms with Crippen LogP contribution in [0.2, 0.25) is 0 Å². The molecular formula is C25H21N5O5S2. The highest BCUT2D eigenvalue weighted by Gasteiger charge is 2.19. The van der Waals surface area contributed by atoms with Gasteiger partial charge in [0.05, 0.1) is 24.2 Å². The minimum atomic E-state index is -3.49. The van der Waals surface area contributed by atoms with Gasteiger partial charge >= 0.3 is 0 Å². The minimum Gasteiger partial charge on any atom is -0.473 e. The number of aromatic nitrogens is 3. The van der Waals surface area contributed by atoms with E-state index < -0.39 is 15.7 Å². The minimum absolute atomic E-state index is 0.0880. The number of rotatable bonds is 10. The van der Waals surface area contributed by atoms with Crippen LogP contribution in [0.15, 0.2) is 82.1 Å². The van der Waals surface area contributed by atoms with Gasteiger partial charge in [-0.2, -0.15) is 5.10 Å². The van der Waals surface area contributed by atoms with E-state index >= 15 is 0 Å². The van der Waals surface area contributed by atoms with Gasteiger partial charge < -0.3 is 14.1 Å². The molecule has 5 rings (SSSR count). The molecule has 10 nitrogen and oxygen atoms in total. The third-order valence-corrected chi connectivity index (χ3v) is 7.71. The van der Waals surface area contributed by atoms with Crippen LogP contribution < -0.4 is 10.2 Å². The molecule has 1 amide bonds. The molecule has 0 aliphatic rings. The van der Waals surface area contributed by atoms with Crippen molar-refractivity contribution in [2.45, 2.75) is 18.1 Å². The van der Waals surface area contributed by atoms with Crippen molar-refractivity contribution in [2.24, 2.45) is 5.10 Å². The van der Waals surface area contributed by atoms with Crippen LogP contribution >= 0.6 is 11.3 Å². The molecule has 0 aliphatic carbocycles. The number of hydrogen-bond donors (Lipinski definition) is 2. The molecule has 0 fully saturated rings. The maximum atomic E-state index is 12.5. The number of furan rings is 1. The first kappa shape index (κ1) is 24.4. The lowest BCUT2D eigenvalue weighted by Gasteiger charge is -2.05. The lowest BCUT2D eigenvalue weighted by Crippen LogP contribution is -2.18. The van der Waals surface area contributed by atoms with Crippen molar-refractivity contribution in [2.75, 3.05) is 0 Å². The Morgan fingerprint density at radius 1 is 1.19 bits per heavy atom. The van der Waals surface area contributed by atoms with Crippen LogP contribution in [0.1, 0.15) is 32.4 Å². The Kier molecular flexibility index (Phi) is 7.10. The number of carbonyl (C=O) groups excluding carboxylic acids is 1. The number of nitrogens with one attached hydrogen (secondary N) is 2. The summed E-state index contributed by atoms with van der Waals surface area (Å²) in [5.41, 5.74) is 5.06. The largest absolute Gasteiger partial charge is 0.473 e. The Labute approximate surface area is 216 Å². The van der Waals surface area contributed by atoms with Crippen LogP contribution in [0.25, 0.3) is 10.9 Å². The van der Waals surface area contributed by atoms with Crippen molar-refractivity contribution < 1.29 is 22.4 Å². The number of pyridine rings is 1. The van der Waals surface area contributed by atoms with E-state index in [1.807, 2.05) is 30.3 Å². The van der Waals surface area contributed by atoms with Gasteiger partial charge in [0.25, 0.3) is 5.91 Å². The van der Waals surface area contributed by atoms with E-state index in [0.29, 0.717) is 23.3 Å². The van der Waals surface area contributed by atoms with E-state index in [2.05, 4.69) is 25.5 Å². The van der Waals surface area contributed by atoms with E-state index in [1.165, 1.54) is 17.9 Å². The molecule has 5 aromatic rings. The number of H-pyrrole nitrogens is 1. The molecule has 0 spiro atoms. The number of amides is 1. The van der Waals surface area contributed by atoms with Gasteiger partial charge in [-0.05, 0) is 17.7 Å². The third-order valence-electron chi connectivity index (χ3n) is 5.24. The Morgan fingerprint density at radius 2 is 2.05 bits per heavy atom. The van der Waals surface area contributed by atoms with E-state index in [9.17, 15) is 13.2 Å². The number of fused-ring (bicyclic) bond motifs is 1. The Morgan fingerprint density at radius 3 is 2.86 bits per heavy atom. The summed E-state index contributed by atoms with van der Waals surface area (Å²) in [6, 6.07) is 14.8. The second kappa shape index (κ2) is 10.8. The predicted octanol–water partition coefficient (Wildman–Crippen LogP) is 4.07. The lowest BCUT2D eigenvalue weighted by molar-refractivity contribution is 0.0950. The molecule has 12 heteroatoms. The van der Waals surface area contributed by atoms with Crippen LogP contribution in [0.3, 0.4) is 0 Å². The molecular weight excluding hydrogens is 514 g/mol. The van der Waals surface area contributed by atoms with Crippen molar-refractivity contribution in [1.82, 2.24) is 20.4 Å². The summed E-state index contributed by atoms with van der Waals surface area (Å²) < 4.78 is 35.6. The standard InChI is InChI=1S/C25H21N5O5S2/c31-25(22-14-36-24(29-22)16-37(32,33)15-19-7-4-8-34-19)30-28-11-18-10-26-21-12-27-23(9-20(18)21)35-13-17-5-2-1-3-6-17/h1-12,14,26H,13,15-16H2,(H,30,31)/b28-11+. The van der Waals surface area contributed by atoms with Gasteiger partial charge in [-0.3, -0.25) is 4.79 Å². The highest BCUT2D eigenvalue weighted by molar-refractivity contribution is 7.89. The fraction of sp³-hybridized carbons (Fsp3) is 0.120. The SMILES string of the molecule is O=C(N/N=C/c1c[nH]c2cnc(OCc3ccccc3)cc12)c1csc(CS(=O)(=O)Cc2ccco2)n1. The van der Waals surface area contributed by atoms with Crippen LogP contribution in [0, 0.1) is 0 Å². The van der Waals surface area contributed by atoms with Gasteiger partial charge in [-0.15, -0.1) is 11.3 Å². The average molecular weight is 536 g/mol. The van der Waals surface area contributed by atoms with Crippen LogP contribution in [0.4, 0.5) is 0 Å². The molecule has 0 radical (unpaired) electrons. The number of hydrazone groups is 1. The van der Waals surface area contributed by atoms with Gasteiger partial charge in [0.2, 0.25) is 5.88 Å². The summed E-state index contributed by atoms with van der Waals surface area (Å²) in [5, 5.41) is 6.66. The summed E-state index contributed by atoms with van der Waals surface area (Å²) >= 11 is 1.10. The predicted molar refractivity (Wildman–Crippen MR) is 139 cm³/mol. The first-order chi connectivity index (χ1) is 17.9. The first-order valence-corrected chi connectivity index (χ1v) is 13.8. The van der Waals surface area contributed by atoms with Crippen molar-refractivity contribution in [1.29, 1.82) is 0 Å². The van der Waals surface area contributed by atoms with E-state index in [0.717, 1.165) is 33.4 Å². The second-order valence-corrected chi connectivity index (χ2v) is 11.0. The molecule has 0 saturated carbocycles. The molecule has 0 aliphatic heterocycles. The second-order valence-electron chi connectivity index (χ2n) is 8.02. The van der Waals surface area contributed by atoms with E-state index in [4.69, 9.17) is 9.15 Å². The molecule has 188 valence electrons. The van der Waals surface area contributed by atoms with Crippen molar-refractivity contribution in [3.63, 3.8) is 0 Å². The zero-order valence-electron chi connectivity index (χ0n) is 19.3. The van der Waals surface area contributed by atoms with Gasteiger partial charge in [0.15, 0.2) is 9.84 Å². The first-order valence-electron chi connectivity index (χ1n) is 11.1. The maximum absolute atomic E-state index is 12.5. The quantitative estimate of drug-likeness (QED) is 0.203. The van der Waals surface area contributed by atoms with Gasteiger partial charge in [0, 0.05) is 28.6 Å². The monoisotopic (exact) mass is 535 g/mol. The summed E-state index contributed by atoms with van der Waals surface area (Å²) in [5.74, 6) is -0.244. The molecule has 0 bridgehead atoms. The highest BCUT2D eigenvalue weighted by Crippen LogP contribution is 2.21. The van der Waals surface area contributed by atoms with Gasteiger partial charge in [-0.1, -0.05) is 30.3 Å². The number of ether oxygens (including phenoxy) is 1. The van der Waals surface area contributed by atoms with Crippen LogP contribution in [-0.4, -0.2) is 35.5 Å². The molecule has 0 unspecified atom stereocenters. The molecule has 1 aromatic carbocycles. The lowest BCUT2D eigenvalue weighted by atomic mass is 10.2. The van der Waals surface area contributed by atoms with E-state index in [-0.39, 0.29) is 17.2 Å². The average Bonchev–Trinajstić information content (AvgIpc) is 3.65. The van der Waals surface area contributed by atoms with Crippen molar-refractivity contribution in [3.8, 4) is 5.88 Å². The van der Waals surface area contributed by atoms with Gasteiger partial charge in [-0.25, -0.2) is 23.8 Å². The number of carbonyl (C=O) groups is 1. The number of nitrogens with zero attached hydrogens (tertiary/aromatic N) is 3. The number of hydrogen-bond acceptors (Lipinski definition) is 9. The zero-order chi connectivity index (χ0) is 25.7. The topological polar surface area (TPSA) is 140 Å². The number of benzene rings is 1. The Bertz CT molecular complexity index is 1640. The molecule has 2 N–H and O–H groups in total. The fourth-order valence-electron chi connectivity index (χ4n) is 3.49. The molecule has 4 heterocycles.